The molecule has 2 aliphatic rings. The number of nitrogens with zero attached hydrogens (tertiary/aromatic N) is 1. The summed E-state index contributed by atoms with van der Waals surface area (Å²) in [6, 6.07) is 6.47. The Kier molecular flexibility index (Phi) is 6.06. The summed E-state index contributed by atoms with van der Waals surface area (Å²) in [6.07, 6.45) is 1.25. The Morgan fingerprint density at radius 3 is 2.58 bits per heavy atom. The predicted molar refractivity (Wildman–Crippen MR) is 91.5 cm³/mol. The molecule has 1 heterocycles. The van der Waals surface area contributed by atoms with Crippen molar-refractivity contribution in [2.24, 2.45) is 5.92 Å². The highest BCUT2D eigenvalue weighted by Crippen LogP contribution is 2.25. The molecule has 1 aromatic carbocycles. The third kappa shape index (κ3) is 6.52. The molecule has 0 aromatic heterocycles. The molecule has 0 unspecified atom stereocenters. The van der Waals surface area contributed by atoms with Crippen LogP contribution in [0.2, 0.25) is 0 Å². The first-order chi connectivity index (χ1) is 12.4. The van der Waals surface area contributed by atoms with Crippen LogP contribution in [0.1, 0.15) is 44.1 Å². The molecular weight excluding hydrogens is 345 g/mol. The summed E-state index contributed by atoms with van der Waals surface area (Å²) in [5.74, 6) is 0.464. The van der Waals surface area contributed by atoms with Gasteiger partial charge in [-0.05, 0) is 62.3 Å². The van der Waals surface area contributed by atoms with Gasteiger partial charge in [-0.1, -0.05) is 12.1 Å². The number of amides is 1. The summed E-state index contributed by atoms with van der Waals surface area (Å²) in [5.41, 5.74) is 0.964. The quantitative estimate of drug-likeness (QED) is 0.793. The maximum atomic E-state index is 12.2. The van der Waals surface area contributed by atoms with Crippen LogP contribution in [-0.4, -0.2) is 36.3 Å². The van der Waals surface area contributed by atoms with Gasteiger partial charge < -0.3 is 10.1 Å². The SMILES string of the molecule is O=C(CC[C@@H]1CCCN(Cc2ccc(OC(F)(F)F)cc2)C1)NC1CC1. The fraction of sp³-hybridized carbons (Fsp3) is 0.632. The van der Waals surface area contributed by atoms with Gasteiger partial charge in [0.1, 0.15) is 5.75 Å². The van der Waals surface area contributed by atoms with Gasteiger partial charge in [-0.3, -0.25) is 9.69 Å². The smallest absolute Gasteiger partial charge is 0.406 e. The van der Waals surface area contributed by atoms with Gasteiger partial charge >= 0.3 is 6.36 Å². The highest BCUT2D eigenvalue weighted by Gasteiger charge is 2.31. The van der Waals surface area contributed by atoms with E-state index in [0.717, 1.165) is 50.8 Å². The molecule has 0 spiro atoms. The number of rotatable bonds is 7. The summed E-state index contributed by atoms with van der Waals surface area (Å²) in [6.45, 7) is 2.61. The summed E-state index contributed by atoms with van der Waals surface area (Å²) < 4.78 is 40.5. The minimum Gasteiger partial charge on any atom is -0.406 e. The molecule has 4 nitrogen and oxygen atoms in total. The molecule has 0 radical (unpaired) electrons. The van der Waals surface area contributed by atoms with Crippen molar-refractivity contribution < 1.29 is 22.7 Å². The van der Waals surface area contributed by atoms with Gasteiger partial charge in [-0.2, -0.15) is 0 Å². The third-order valence-electron chi connectivity index (χ3n) is 4.89. The van der Waals surface area contributed by atoms with Gasteiger partial charge in [0.2, 0.25) is 5.91 Å². The molecule has 1 aliphatic heterocycles. The van der Waals surface area contributed by atoms with E-state index in [9.17, 15) is 18.0 Å². The minimum atomic E-state index is -4.66. The number of ether oxygens (including phenoxy) is 1. The summed E-state index contributed by atoms with van der Waals surface area (Å²) >= 11 is 0. The number of hydrogen-bond donors (Lipinski definition) is 1. The molecule has 1 saturated carbocycles. The number of benzene rings is 1. The second-order valence-corrected chi connectivity index (χ2v) is 7.32. The molecule has 1 atom stereocenters. The van der Waals surface area contributed by atoms with Gasteiger partial charge in [-0.15, -0.1) is 13.2 Å². The van der Waals surface area contributed by atoms with E-state index in [-0.39, 0.29) is 11.7 Å². The standard InChI is InChI=1S/C19H25F3N2O2/c20-19(21,22)26-17-8-3-15(4-9-17)13-24-11-1-2-14(12-24)5-10-18(25)23-16-6-7-16/h3-4,8-9,14,16H,1-2,5-7,10-13H2,(H,23,25)/t14-/m0/s1. The lowest BCUT2D eigenvalue weighted by atomic mass is 9.93. The fourth-order valence-electron chi connectivity index (χ4n) is 3.45. The Balaban J connectivity index is 1.43. The first-order valence-electron chi connectivity index (χ1n) is 9.24. The summed E-state index contributed by atoms with van der Waals surface area (Å²) in [5, 5.41) is 3.02. The molecule has 2 fully saturated rings. The molecule has 26 heavy (non-hydrogen) atoms. The van der Waals surface area contributed by atoms with Crippen LogP contribution < -0.4 is 10.1 Å². The molecule has 3 rings (SSSR count). The molecule has 1 aliphatic carbocycles. The zero-order valence-corrected chi connectivity index (χ0v) is 14.7. The Morgan fingerprint density at radius 1 is 1.19 bits per heavy atom. The van der Waals surface area contributed by atoms with Crippen LogP contribution in [-0.2, 0) is 11.3 Å². The van der Waals surface area contributed by atoms with Gasteiger partial charge in [0.25, 0.3) is 0 Å². The Hall–Kier alpha value is -1.76. The number of hydrogen-bond acceptors (Lipinski definition) is 3. The van der Waals surface area contributed by atoms with Gasteiger partial charge in [-0.25, -0.2) is 0 Å². The summed E-state index contributed by atoms with van der Waals surface area (Å²) in [7, 11) is 0. The Morgan fingerprint density at radius 2 is 1.92 bits per heavy atom. The number of carbonyl (C=O) groups excluding carboxylic acids is 1. The van der Waals surface area contributed by atoms with E-state index >= 15 is 0 Å². The van der Waals surface area contributed by atoms with Crippen LogP contribution in [0.5, 0.6) is 5.75 Å². The zero-order valence-electron chi connectivity index (χ0n) is 14.7. The number of halogens is 3. The van der Waals surface area contributed by atoms with Crippen molar-refractivity contribution in [2.75, 3.05) is 13.1 Å². The zero-order chi connectivity index (χ0) is 18.6. The molecule has 1 aromatic rings. The van der Waals surface area contributed by atoms with Gasteiger partial charge in [0.15, 0.2) is 0 Å². The number of nitrogens with one attached hydrogen (secondary N) is 1. The predicted octanol–water partition coefficient (Wildman–Crippen LogP) is 3.86. The van der Waals surface area contributed by atoms with Crippen molar-refractivity contribution in [3.63, 3.8) is 0 Å². The van der Waals surface area contributed by atoms with Crippen LogP contribution in [0.15, 0.2) is 24.3 Å². The Labute approximate surface area is 151 Å². The van der Waals surface area contributed by atoms with Crippen molar-refractivity contribution in [3.8, 4) is 5.75 Å². The van der Waals surface area contributed by atoms with E-state index in [2.05, 4.69) is 15.0 Å². The number of piperidine rings is 1. The average Bonchev–Trinajstić information content (AvgIpc) is 3.38. The average molecular weight is 370 g/mol. The van der Waals surface area contributed by atoms with E-state index in [4.69, 9.17) is 0 Å². The maximum absolute atomic E-state index is 12.2. The molecule has 0 bridgehead atoms. The van der Waals surface area contributed by atoms with E-state index in [1.807, 2.05) is 0 Å². The van der Waals surface area contributed by atoms with Gasteiger partial charge in [0, 0.05) is 25.6 Å². The molecule has 144 valence electrons. The first kappa shape index (κ1) is 19.0. The largest absolute Gasteiger partial charge is 0.573 e. The lowest BCUT2D eigenvalue weighted by Gasteiger charge is -2.32. The van der Waals surface area contributed by atoms with Crippen LogP contribution in [0.25, 0.3) is 0 Å². The van der Waals surface area contributed by atoms with E-state index in [1.54, 1.807) is 12.1 Å². The third-order valence-corrected chi connectivity index (χ3v) is 4.89. The molecular formula is C19H25F3N2O2. The van der Waals surface area contributed by atoms with Gasteiger partial charge in [0.05, 0.1) is 0 Å². The van der Waals surface area contributed by atoms with Crippen molar-refractivity contribution in [1.82, 2.24) is 10.2 Å². The second kappa shape index (κ2) is 8.29. The molecule has 1 N–H and O–H groups in total. The van der Waals surface area contributed by atoms with Crippen molar-refractivity contribution >= 4 is 5.91 Å². The monoisotopic (exact) mass is 370 g/mol. The number of alkyl halides is 3. The lowest BCUT2D eigenvalue weighted by molar-refractivity contribution is -0.274. The van der Waals surface area contributed by atoms with E-state index in [0.29, 0.717) is 24.9 Å². The number of likely N-dealkylation sites (tertiary alicyclic amines) is 1. The first-order valence-corrected chi connectivity index (χ1v) is 9.24. The second-order valence-electron chi connectivity index (χ2n) is 7.32. The highest BCUT2D eigenvalue weighted by atomic mass is 19.4. The lowest BCUT2D eigenvalue weighted by Crippen LogP contribution is -2.35. The van der Waals surface area contributed by atoms with Crippen molar-refractivity contribution in [3.05, 3.63) is 29.8 Å². The van der Waals surface area contributed by atoms with Crippen LogP contribution in [0.3, 0.4) is 0 Å². The number of carbonyl (C=O) groups is 1. The minimum absolute atomic E-state index is 0.157. The van der Waals surface area contributed by atoms with Crippen molar-refractivity contribution in [2.45, 2.75) is 57.5 Å². The highest BCUT2D eigenvalue weighted by molar-refractivity contribution is 5.76. The molecule has 1 amide bonds. The molecule has 1 saturated heterocycles. The normalized spacial score (nSPS) is 21.4. The summed E-state index contributed by atoms with van der Waals surface area (Å²) in [4.78, 5) is 14.1. The Bertz CT molecular complexity index is 600. The van der Waals surface area contributed by atoms with Crippen LogP contribution in [0.4, 0.5) is 13.2 Å². The fourth-order valence-corrected chi connectivity index (χ4v) is 3.45. The topological polar surface area (TPSA) is 41.6 Å². The molecule has 7 heteroatoms. The maximum Gasteiger partial charge on any atom is 0.573 e. The van der Waals surface area contributed by atoms with Crippen LogP contribution in [0, 0.1) is 5.92 Å². The van der Waals surface area contributed by atoms with E-state index in [1.165, 1.54) is 12.1 Å². The van der Waals surface area contributed by atoms with Crippen LogP contribution >= 0.6 is 0 Å². The van der Waals surface area contributed by atoms with E-state index < -0.39 is 6.36 Å². The van der Waals surface area contributed by atoms with Crippen molar-refractivity contribution in [1.29, 1.82) is 0 Å².